The van der Waals surface area contributed by atoms with Gasteiger partial charge in [0.25, 0.3) is 5.56 Å². The summed E-state index contributed by atoms with van der Waals surface area (Å²) in [6.45, 7) is 7.19. The van der Waals surface area contributed by atoms with Crippen molar-refractivity contribution in [1.82, 2.24) is 4.57 Å². The van der Waals surface area contributed by atoms with Gasteiger partial charge in [0.15, 0.2) is 0 Å². The predicted molar refractivity (Wildman–Crippen MR) is 113 cm³/mol. The van der Waals surface area contributed by atoms with E-state index in [-0.39, 0.29) is 16.8 Å². The summed E-state index contributed by atoms with van der Waals surface area (Å²) in [4.78, 5) is 12.6. The van der Waals surface area contributed by atoms with E-state index in [9.17, 15) is 9.18 Å². The van der Waals surface area contributed by atoms with Crippen LogP contribution in [0.15, 0.2) is 70.1 Å². The zero-order valence-electron chi connectivity index (χ0n) is 16.2. The fraction of sp³-hybridized carbons (Fsp3) is 0.261. The third kappa shape index (κ3) is 4.90. The summed E-state index contributed by atoms with van der Waals surface area (Å²) in [6.07, 6.45) is 1.66. The van der Waals surface area contributed by atoms with Gasteiger partial charge in [-0.1, -0.05) is 57.2 Å². The van der Waals surface area contributed by atoms with Crippen molar-refractivity contribution in [3.63, 3.8) is 0 Å². The lowest BCUT2D eigenvalue weighted by molar-refractivity contribution is 0.302. The monoisotopic (exact) mass is 443 g/mol. The fourth-order valence-electron chi connectivity index (χ4n) is 2.86. The van der Waals surface area contributed by atoms with Crippen LogP contribution in [-0.4, -0.2) is 4.57 Å². The minimum atomic E-state index is -0.318. The quantitative estimate of drug-likeness (QED) is 0.508. The van der Waals surface area contributed by atoms with Crippen LogP contribution < -0.4 is 10.3 Å². The Morgan fingerprint density at radius 3 is 2.39 bits per heavy atom. The Kier molecular flexibility index (Phi) is 6.04. The minimum absolute atomic E-state index is 0.106. The molecule has 0 unspecified atom stereocenters. The SMILES string of the molecule is CC(C)(C)c1ccc(COc2ccn(Cc3cccc(F)c3)c(=O)c2Br)cc1. The topological polar surface area (TPSA) is 31.2 Å². The second-order valence-corrected chi connectivity index (χ2v) is 8.59. The lowest BCUT2D eigenvalue weighted by Crippen LogP contribution is -2.21. The van der Waals surface area contributed by atoms with E-state index in [2.05, 4.69) is 48.8 Å². The lowest BCUT2D eigenvalue weighted by atomic mass is 9.87. The Morgan fingerprint density at radius 1 is 1.04 bits per heavy atom. The average molecular weight is 444 g/mol. The lowest BCUT2D eigenvalue weighted by Gasteiger charge is -2.19. The Hall–Kier alpha value is -2.40. The van der Waals surface area contributed by atoms with Crippen LogP contribution in [0.4, 0.5) is 4.39 Å². The molecule has 0 radical (unpaired) electrons. The van der Waals surface area contributed by atoms with E-state index in [0.29, 0.717) is 23.4 Å². The number of hydrogen-bond donors (Lipinski definition) is 0. The van der Waals surface area contributed by atoms with Gasteiger partial charge in [0.2, 0.25) is 0 Å². The highest BCUT2D eigenvalue weighted by molar-refractivity contribution is 9.10. The molecule has 1 aromatic heterocycles. The molecule has 0 amide bonds. The van der Waals surface area contributed by atoms with Crippen LogP contribution in [0.2, 0.25) is 0 Å². The molecule has 0 bridgehead atoms. The maximum absolute atomic E-state index is 13.3. The number of benzene rings is 2. The predicted octanol–water partition coefficient (Wildman–Crippen LogP) is 5.67. The molecule has 0 saturated carbocycles. The molecule has 3 nitrogen and oxygen atoms in total. The second-order valence-electron chi connectivity index (χ2n) is 7.79. The Morgan fingerprint density at radius 2 is 1.75 bits per heavy atom. The summed E-state index contributed by atoms with van der Waals surface area (Å²) < 4.78 is 21.1. The largest absolute Gasteiger partial charge is 0.487 e. The van der Waals surface area contributed by atoms with Gasteiger partial charge in [-0.15, -0.1) is 0 Å². The molecule has 146 valence electrons. The molecule has 0 fully saturated rings. The number of ether oxygens (including phenoxy) is 1. The molecule has 0 aliphatic heterocycles. The van der Waals surface area contributed by atoms with Gasteiger partial charge in [-0.25, -0.2) is 4.39 Å². The summed E-state index contributed by atoms with van der Waals surface area (Å²) in [5.41, 5.74) is 2.90. The van der Waals surface area contributed by atoms with Gasteiger partial charge in [0.05, 0.1) is 6.54 Å². The fourth-order valence-corrected chi connectivity index (χ4v) is 3.33. The molecule has 2 aromatic carbocycles. The molecule has 0 spiro atoms. The van der Waals surface area contributed by atoms with Crippen molar-refractivity contribution in [1.29, 1.82) is 0 Å². The van der Waals surface area contributed by atoms with Crippen molar-refractivity contribution >= 4 is 15.9 Å². The van der Waals surface area contributed by atoms with E-state index < -0.39 is 0 Å². The number of aromatic nitrogens is 1. The van der Waals surface area contributed by atoms with Crippen LogP contribution in [0.5, 0.6) is 5.75 Å². The van der Waals surface area contributed by atoms with E-state index in [4.69, 9.17) is 4.74 Å². The number of halogens is 2. The Labute approximate surface area is 172 Å². The molecule has 0 aliphatic carbocycles. The molecule has 0 aliphatic rings. The van der Waals surface area contributed by atoms with Crippen molar-refractivity contribution < 1.29 is 9.13 Å². The minimum Gasteiger partial charge on any atom is -0.487 e. The standard InChI is InChI=1S/C23H23BrFNO2/c1-23(2,3)18-9-7-16(8-10-18)15-28-20-11-12-26(22(27)21(20)24)14-17-5-4-6-19(25)13-17/h4-13H,14-15H2,1-3H3. The summed E-state index contributed by atoms with van der Waals surface area (Å²) >= 11 is 3.34. The Balaban J connectivity index is 1.71. The molecular weight excluding hydrogens is 421 g/mol. The third-order valence-corrected chi connectivity index (χ3v) is 5.26. The van der Waals surface area contributed by atoms with Gasteiger partial charge in [0.1, 0.15) is 22.6 Å². The molecule has 3 aromatic rings. The van der Waals surface area contributed by atoms with E-state index >= 15 is 0 Å². The van der Waals surface area contributed by atoms with Gasteiger partial charge in [0, 0.05) is 6.20 Å². The van der Waals surface area contributed by atoms with E-state index in [1.54, 1.807) is 24.4 Å². The number of pyridine rings is 1. The molecule has 3 rings (SSSR count). The van der Waals surface area contributed by atoms with Crippen LogP contribution in [0.3, 0.4) is 0 Å². The first-order valence-electron chi connectivity index (χ1n) is 9.09. The first kappa shape index (κ1) is 20.3. The number of rotatable bonds is 5. The molecule has 1 heterocycles. The van der Waals surface area contributed by atoms with Crippen LogP contribution in [-0.2, 0) is 18.6 Å². The summed E-state index contributed by atoms with van der Waals surface area (Å²) in [6, 6.07) is 16.3. The van der Waals surface area contributed by atoms with Crippen LogP contribution in [0, 0.1) is 5.82 Å². The van der Waals surface area contributed by atoms with Gasteiger partial charge < -0.3 is 9.30 Å². The van der Waals surface area contributed by atoms with Crippen LogP contribution in [0.25, 0.3) is 0 Å². The molecule has 28 heavy (non-hydrogen) atoms. The van der Waals surface area contributed by atoms with Crippen LogP contribution in [0.1, 0.15) is 37.5 Å². The van der Waals surface area contributed by atoms with E-state index in [1.165, 1.54) is 22.3 Å². The number of hydrogen-bond acceptors (Lipinski definition) is 2. The highest BCUT2D eigenvalue weighted by Gasteiger charge is 2.13. The summed E-state index contributed by atoms with van der Waals surface area (Å²) in [5, 5.41) is 0. The van der Waals surface area contributed by atoms with Gasteiger partial charge in [-0.2, -0.15) is 0 Å². The molecule has 0 N–H and O–H groups in total. The van der Waals surface area contributed by atoms with Crippen molar-refractivity contribution in [3.05, 3.63) is 98.1 Å². The first-order chi connectivity index (χ1) is 13.2. The Bertz CT molecular complexity index is 1020. The first-order valence-corrected chi connectivity index (χ1v) is 9.89. The second kappa shape index (κ2) is 8.31. The summed E-state index contributed by atoms with van der Waals surface area (Å²) in [5.74, 6) is 0.169. The van der Waals surface area contributed by atoms with Gasteiger partial charge in [-0.3, -0.25) is 4.79 Å². The zero-order valence-corrected chi connectivity index (χ0v) is 17.8. The maximum Gasteiger partial charge on any atom is 0.268 e. The average Bonchev–Trinajstić information content (AvgIpc) is 2.65. The maximum atomic E-state index is 13.3. The van der Waals surface area contributed by atoms with E-state index in [0.717, 1.165) is 11.1 Å². The normalized spacial score (nSPS) is 11.5. The van der Waals surface area contributed by atoms with Gasteiger partial charge in [-0.05, 0) is 56.2 Å². The smallest absolute Gasteiger partial charge is 0.268 e. The highest BCUT2D eigenvalue weighted by atomic mass is 79.9. The van der Waals surface area contributed by atoms with Crippen molar-refractivity contribution in [2.24, 2.45) is 0 Å². The molecule has 0 atom stereocenters. The van der Waals surface area contributed by atoms with Crippen LogP contribution >= 0.6 is 15.9 Å². The molecule has 0 saturated heterocycles. The highest BCUT2D eigenvalue weighted by Crippen LogP contribution is 2.24. The van der Waals surface area contributed by atoms with Crippen molar-refractivity contribution in [2.75, 3.05) is 0 Å². The summed E-state index contributed by atoms with van der Waals surface area (Å²) in [7, 11) is 0. The molecular formula is C23H23BrFNO2. The number of nitrogens with zero attached hydrogens (tertiary/aromatic N) is 1. The van der Waals surface area contributed by atoms with Gasteiger partial charge >= 0.3 is 0 Å². The third-order valence-electron chi connectivity index (χ3n) is 4.53. The zero-order chi connectivity index (χ0) is 20.3. The van der Waals surface area contributed by atoms with E-state index in [1.807, 2.05) is 12.1 Å². The van der Waals surface area contributed by atoms with Crippen molar-refractivity contribution in [3.8, 4) is 5.75 Å². The van der Waals surface area contributed by atoms with Crippen molar-refractivity contribution in [2.45, 2.75) is 39.3 Å². The molecule has 5 heteroatoms.